The minimum Gasteiger partial charge on any atom is -0.460 e. The van der Waals surface area contributed by atoms with Crippen molar-refractivity contribution in [2.24, 2.45) is 0 Å². The monoisotopic (exact) mass is 301 g/mol. The lowest BCUT2D eigenvalue weighted by Gasteiger charge is -2.34. The molecule has 1 atom stereocenters. The van der Waals surface area contributed by atoms with Crippen LogP contribution in [0.4, 0.5) is 0 Å². The van der Waals surface area contributed by atoms with Crippen molar-refractivity contribution in [3.8, 4) is 0 Å². The smallest absolute Gasteiger partial charge is 0.307 e. The number of likely N-dealkylation sites (tertiary alicyclic amines) is 1. The SMILES string of the molecule is CC(C)N1CCC[C@@H](SCCC(=O)OC(C)(C)C)C1=O. The fourth-order valence-electron chi connectivity index (χ4n) is 2.21. The maximum atomic E-state index is 12.3. The number of nitrogens with zero attached hydrogens (tertiary/aromatic N) is 1. The van der Waals surface area contributed by atoms with Gasteiger partial charge in [-0.1, -0.05) is 0 Å². The number of piperidine rings is 1. The lowest BCUT2D eigenvalue weighted by molar-refractivity contribution is -0.154. The highest BCUT2D eigenvalue weighted by atomic mass is 32.2. The molecule has 1 heterocycles. The van der Waals surface area contributed by atoms with Gasteiger partial charge in [0.2, 0.25) is 5.91 Å². The van der Waals surface area contributed by atoms with Gasteiger partial charge in [-0.3, -0.25) is 9.59 Å². The number of hydrogen-bond donors (Lipinski definition) is 0. The van der Waals surface area contributed by atoms with E-state index < -0.39 is 5.60 Å². The molecule has 116 valence electrons. The maximum Gasteiger partial charge on any atom is 0.307 e. The van der Waals surface area contributed by atoms with E-state index in [1.807, 2.05) is 39.5 Å². The first-order chi connectivity index (χ1) is 9.20. The summed E-state index contributed by atoms with van der Waals surface area (Å²) >= 11 is 1.59. The lowest BCUT2D eigenvalue weighted by Crippen LogP contribution is -2.46. The molecule has 1 fully saturated rings. The summed E-state index contributed by atoms with van der Waals surface area (Å²) in [6.45, 7) is 10.5. The molecule has 1 rings (SSSR count). The Bertz CT molecular complexity index is 350. The van der Waals surface area contributed by atoms with Gasteiger partial charge in [0, 0.05) is 18.3 Å². The number of ether oxygens (including phenoxy) is 1. The molecule has 0 aromatic rings. The van der Waals surface area contributed by atoms with Crippen LogP contribution < -0.4 is 0 Å². The number of carbonyl (C=O) groups excluding carboxylic acids is 2. The van der Waals surface area contributed by atoms with E-state index in [9.17, 15) is 9.59 Å². The van der Waals surface area contributed by atoms with Crippen molar-refractivity contribution >= 4 is 23.6 Å². The van der Waals surface area contributed by atoms with Crippen molar-refractivity contribution < 1.29 is 14.3 Å². The van der Waals surface area contributed by atoms with Crippen molar-refractivity contribution in [2.45, 2.75) is 70.8 Å². The first kappa shape index (κ1) is 17.3. The van der Waals surface area contributed by atoms with Gasteiger partial charge in [0.1, 0.15) is 5.60 Å². The van der Waals surface area contributed by atoms with Crippen LogP contribution in [0.1, 0.15) is 53.9 Å². The zero-order valence-electron chi connectivity index (χ0n) is 13.3. The fourth-order valence-corrected chi connectivity index (χ4v) is 3.39. The molecule has 0 spiro atoms. The van der Waals surface area contributed by atoms with Gasteiger partial charge in [0.25, 0.3) is 0 Å². The van der Waals surface area contributed by atoms with Crippen LogP contribution in [0.15, 0.2) is 0 Å². The highest BCUT2D eigenvalue weighted by Gasteiger charge is 2.30. The van der Waals surface area contributed by atoms with Gasteiger partial charge in [-0.15, -0.1) is 11.8 Å². The highest BCUT2D eigenvalue weighted by Crippen LogP contribution is 2.25. The number of carbonyl (C=O) groups is 2. The van der Waals surface area contributed by atoms with Crippen LogP contribution in [0.3, 0.4) is 0 Å². The number of esters is 1. The van der Waals surface area contributed by atoms with E-state index in [0.717, 1.165) is 19.4 Å². The van der Waals surface area contributed by atoms with E-state index in [4.69, 9.17) is 4.74 Å². The summed E-state index contributed by atoms with van der Waals surface area (Å²) in [5.74, 6) is 0.687. The Morgan fingerprint density at radius 3 is 2.65 bits per heavy atom. The number of thioether (sulfide) groups is 1. The van der Waals surface area contributed by atoms with Crippen molar-refractivity contribution in [1.82, 2.24) is 4.90 Å². The molecule has 1 amide bonds. The predicted octanol–water partition coefficient (Wildman–Crippen LogP) is 2.85. The van der Waals surface area contributed by atoms with E-state index in [2.05, 4.69) is 0 Å². The molecule has 0 aromatic heterocycles. The third kappa shape index (κ3) is 5.73. The largest absolute Gasteiger partial charge is 0.460 e. The molecule has 0 bridgehead atoms. The van der Waals surface area contributed by atoms with Crippen LogP contribution in [0.25, 0.3) is 0 Å². The van der Waals surface area contributed by atoms with E-state index in [1.165, 1.54) is 0 Å². The quantitative estimate of drug-likeness (QED) is 0.733. The molecular weight excluding hydrogens is 274 g/mol. The Labute approximate surface area is 126 Å². The summed E-state index contributed by atoms with van der Waals surface area (Å²) in [6, 6.07) is 0.261. The maximum absolute atomic E-state index is 12.3. The third-order valence-corrected chi connectivity index (χ3v) is 4.37. The first-order valence-electron chi connectivity index (χ1n) is 7.34. The standard InChI is InChI=1S/C15H27NO3S/c1-11(2)16-9-6-7-12(14(16)18)20-10-8-13(17)19-15(3,4)5/h11-12H,6-10H2,1-5H3/t12-/m1/s1. The molecule has 0 unspecified atom stereocenters. The number of rotatable bonds is 5. The summed E-state index contributed by atoms with van der Waals surface area (Å²) in [7, 11) is 0. The summed E-state index contributed by atoms with van der Waals surface area (Å²) in [4.78, 5) is 25.8. The van der Waals surface area contributed by atoms with E-state index in [-0.39, 0.29) is 23.2 Å². The summed E-state index contributed by atoms with van der Waals surface area (Å²) < 4.78 is 5.27. The number of amides is 1. The van der Waals surface area contributed by atoms with Crippen molar-refractivity contribution in [2.75, 3.05) is 12.3 Å². The highest BCUT2D eigenvalue weighted by molar-refractivity contribution is 8.00. The van der Waals surface area contributed by atoms with Gasteiger partial charge >= 0.3 is 5.97 Å². The molecule has 0 radical (unpaired) electrons. The topological polar surface area (TPSA) is 46.6 Å². The van der Waals surface area contributed by atoms with Gasteiger partial charge in [-0.2, -0.15) is 0 Å². The zero-order valence-corrected chi connectivity index (χ0v) is 14.1. The minimum atomic E-state index is -0.434. The van der Waals surface area contributed by atoms with Gasteiger partial charge < -0.3 is 9.64 Å². The average molecular weight is 301 g/mol. The Hall–Kier alpha value is -0.710. The average Bonchev–Trinajstić information content (AvgIpc) is 2.28. The van der Waals surface area contributed by atoms with E-state index in [0.29, 0.717) is 12.2 Å². The second-order valence-corrected chi connectivity index (χ2v) is 7.77. The summed E-state index contributed by atoms with van der Waals surface area (Å²) in [5, 5.41) is 0.00795. The number of hydrogen-bond acceptors (Lipinski definition) is 4. The fraction of sp³-hybridized carbons (Fsp3) is 0.867. The Balaban J connectivity index is 2.34. The van der Waals surface area contributed by atoms with E-state index >= 15 is 0 Å². The van der Waals surface area contributed by atoms with Gasteiger partial charge in [0.05, 0.1) is 11.7 Å². The molecule has 0 aliphatic carbocycles. The van der Waals surface area contributed by atoms with Gasteiger partial charge in [0.15, 0.2) is 0 Å². The Kier molecular flexibility index (Phi) is 6.37. The molecule has 1 aliphatic heterocycles. The van der Waals surface area contributed by atoms with Gasteiger partial charge in [-0.25, -0.2) is 0 Å². The third-order valence-electron chi connectivity index (χ3n) is 3.09. The van der Waals surface area contributed by atoms with Crippen LogP contribution >= 0.6 is 11.8 Å². The molecule has 1 aliphatic rings. The van der Waals surface area contributed by atoms with Crippen molar-refractivity contribution in [3.63, 3.8) is 0 Å². The van der Waals surface area contributed by atoms with Crippen LogP contribution in [0.5, 0.6) is 0 Å². The molecule has 1 saturated heterocycles. The minimum absolute atomic E-state index is 0.00795. The Morgan fingerprint density at radius 2 is 2.10 bits per heavy atom. The van der Waals surface area contributed by atoms with Crippen LogP contribution in [0.2, 0.25) is 0 Å². The molecule has 0 saturated carbocycles. The molecule has 5 heteroatoms. The predicted molar refractivity (Wildman–Crippen MR) is 82.8 cm³/mol. The Morgan fingerprint density at radius 1 is 1.45 bits per heavy atom. The van der Waals surface area contributed by atoms with Crippen LogP contribution in [-0.4, -0.2) is 46.0 Å². The van der Waals surface area contributed by atoms with Crippen LogP contribution in [-0.2, 0) is 14.3 Å². The molecule has 4 nitrogen and oxygen atoms in total. The molecule has 0 aromatic carbocycles. The first-order valence-corrected chi connectivity index (χ1v) is 8.39. The van der Waals surface area contributed by atoms with Crippen molar-refractivity contribution in [3.05, 3.63) is 0 Å². The molecule has 20 heavy (non-hydrogen) atoms. The lowest BCUT2D eigenvalue weighted by atomic mass is 10.1. The van der Waals surface area contributed by atoms with E-state index in [1.54, 1.807) is 11.8 Å². The van der Waals surface area contributed by atoms with Gasteiger partial charge in [-0.05, 0) is 47.5 Å². The van der Waals surface area contributed by atoms with Crippen molar-refractivity contribution in [1.29, 1.82) is 0 Å². The van der Waals surface area contributed by atoms with Crippen LogP contribution in [0, 0.1) is 0 Å². The molecule has 0 N–H and O–H groups in total. The normalized spacial score (nSPS) is 20.4. The second kappa shape index (κ2) is 7.34. The molecular formula is C15H27NO3S. The summed E-state index contributed by atoms with van der Waals surface area (Å²) in [5.41, 5.74) is -0.434. The summed E-state index contributed by atoms with van der Waals surface area (Å²) in [6.07, 6.45) is 2.34. The second-order valence-electron chi connectivity index (χ2n) is 6.46. The zero-order chi connectivity index (χ0) is 15.3.